The van der Waals surface area contributed by atoms with Crippen LogP contribution in [0.25, 0.3) is 0 Å². The standard InChI is InChI=1S/C17H25N3O4S/c1-12-9-20(10-13(2)24-12)25(22,23)16-5-3-4-14(8-16)17(21)19-7-6-15(18)11-19/h3-5,8,12-13,15H,6-7,9-11,18H2,1-2H3/t12?,13?,15-/m1/s1. The van der Waals surface area contributed by atoms with Crippen molar-refractivity contribution in [3.05, 3.63) is 29.8 Å². The van der Waals surface area contributed by atoms with Crippen LogP contribution in [-0.4, -0.2) is 68.0 Å². The van der Waals surface area contributed by atoms with Gasteiger partial charge in [0.2, 0.25) is 10.0 Å². The normalized spacial score (nSPS) is 28.3. The summed E-state index contributed by atoms with van der Waals surface area (Å²) >= 11 is 0. The maximum atomic E-state index is 13.0. The van der Waals surface area contributed by atoms with Crippen molar-refractivity contribution in [2.45, 2.75) is 43.4 Å². The zero-order valence-corrected chi connectivity index (χ0v) is 15.4. The number of sulfonamides is 1. The number of benzene rings is 1. The number of ether oxygens (including phenoxy) is 1. The second-order valence-corrected chi connectivity index (χ2v) is 8.85. The maximum Gasteiger partial charge on any atom is 0.253 e. The lowest BCUT2D eigenvalue weighted by Gasteiger charge is -2.34. The molecule has 0 spiro atoms. The number of carbonyl (C=O) groups excluding carboxylic acids is 1. The third-order valence-electron chi connectivity index (χ3n) is 4.62. The van der Waals surface area contributed by atoms with Gasteiger partial charge in [0.25, 0.3) is 5.91 Å². The van der Waals surface area contributed by atoms with E-state index in [0.717, 1.165) is 6.42 Å². The molecule has 0 bridgehead atoms. The number of rotatable bonds is 3. The molecule has 1 aromatic carbocycles. The predicted molar refractivity (Wildman–Crippen MR) is 93.7 cm³/mol. The van der Waals surface area contributed by atoms with Crippen molar-refractivity contribution in [3.8, 4) is 0 Å². The van der Waals surface area contributed by atoms with Crippen LogP contribution in [0.15, 0.2) is 29.2 Å². The molecule has 0 saturated carbocycles. The summed E-state index contributed by atoms with van der Waals surface area (Å²) in [5.74, 6) is -0.172. The van der Waals surface area contributed by atoms with Gasteiger partial charge in [-0.25, -0.2) is 8.42 Å². The van der Waals surface area contributed by atoms with E-state index in [1.807, 2.05) is 13.8 Å². The summed E-state index contributed by atoms with van der Waals surface area (Å²) in [7, 11) is -3.66. The molecular formula is C17H25N3O4S. The Labute approximate surface area is 148 Å². The van der Waals surface area contributed by atoms with Crippen LogP contribution in [0.2, 0.25) is 0 Å². The monoisotopic (exact) mass is 367 g/mol. The smallest absolute Gasteiger partial charge is 0.253 e. The minimum Gasteiger partial charge on any atom is -0.373 e. The molecule has 2 fully saturated rings. The Balaban J connectivity index is 1.84. The Hall–Kier alpha value is -1.48. The molecule has 1 amide bonds. The molecule has 2 N–H and O–H groups in total. The molecule has 2 unspecified atom stereocenters. The summed E-state index contributed by atoms with van der Waals surface area (Å²) in [6.07, 6.45) is 0.455. The van der Waals surface area contributed by atoms with E-state index in [1.165, 1.54) is 16.4 Å². The van der Waals surface area contributed by atoms with Crippen LogP contribution < -0.4 is 5.73 Å². The highest BCUT2D eigenvalue weighted by atomic mass is 32.2. The van der Waals surface area contributed by atoms with Gasteiger partial charge in [0.05, 0.1) is 17.1 Å². The van der Waals surface area contributed by atoms with Crippen LogP contribution in [0.1, 0.15) is 30.6 Å². The number of nitrogens with two attached hydrogens (primary N) is 1. The Bertz CT molecular complexity index is 742. The molecule has 2 aliphatic rings. The van der Waals surface area contributed by atoms with Gasteiger partial charge in [-0.05, 0) is 38.5 Å². The van der Waals surface area contributed by atoms with E-state index >= 15 is 0 Å². The highest BCUT2D eigenvalue weighted by Gasteiger charge is 2.33. The Morgan fingerprint density at radius 2 is 1.88 bits per heavy atom. The fourth-order valence-corrected chi connectivity index (χ4v) is 5.06. The van der Waals surface area contributed by atoms with Gasteiger partial charge in [-0.3, -0.25) is 4.79 Å². The maximum absolute atomic E-state index is 13.0. The average molecular weight is 367 g/mol. The fraction of sp³-hybridized carbons (Fsp3) is 0.588. The van der Waals surface area contributed by atoms with E-state index in [4.69, 9.17) is 10.5 Å². The van der Waals surface area contributed by atoms with E-state index in [2.05, 4.69) is 0 Å². The molecule has 0 aliphatic carbocycles. The molecule has 2 saturated heterocycles. The molecule has 7 nitrogen and oxygen atoms in total. The number of amides is 1. The van der Waals surface area contributed by atoms with Crippen molar-refractivity contribution < 1.29 is 17.9 Å². The second-order valence-electron chi connectivity index (χ2n) is 6.91. The highest BCUT2D eigenvalue weighted by molar-refractivity contribution is 7.89. The summed E-state index contributed by atoms with van der Waals surface area (Å²) in [6.45, 7) is 5.45. The van der Waals surface area contributed by atoms with Crippen molar-refractivity contribution >= 4 is 15.9 Å². The molecule has 0 aromatic heterocycles. The van der Waals surface area contributed by atoms with Crippen LogP contribution in [0.4, 0.5) is 0 Å². The van der Waals surface area contributed by atoms with Crippen molar-refractivity contribution in [3.63, 3.8) is 0 Å². The Morgan fingerprint density at radius 1 is 1.20 bits per heavy atom. The molecular weight excluding hydrogens is 342 g/mol. The molecule has 0 radical (unpaired) electrons. The van der Waals surface area contributed by atoms with Crippen LogP contribution in [-0.2, 0) is 14.8 Å². The zero-order valence-electron chi connectivity index (χ0n) is 14.6. The molecule has 3 atom stereocenters. The third-order valence-corrected chi connectivity index (χ3v) is 6.44. The Morgan fingerprint density at radius 3 is 2.48 bits per heavy atom. The van der Waals surface area contributed by atoms with E-state index in [-0.39, 0.29) is 29.1 Å². The second kappa shape index (κ2) is 7.03. The molecule has 138 valence electrons. The predicted octanol–water partition coefficient (Wildman–Crippen LogP) is 0.658. The van der Waals surface area contributed by atoms with Gasteiger partial charge in [-0.15, -0.1) is 0 Å². The summed E-state index contributed by atoms with van der Waals surface area (Å²) < 4.78 is 32.9. The van der Waals surface area contributed by atoms with Crippen LogP contribution >= 0.6 is 0 Å². The van der Waals surface area contributed by atoms with E-state index in [1.54, 1.807) is 17.0 Å². The van der Waals surface area contributed by atoms with Crippen molar-refractivity contribution in [1.82, 2.24) is 9.21 Å². The van der Waals surface area contributed by atoms with Crippen molar-refractivity contribution in [1.29, 1.82) is 0 Å². The van der Waals surface area contributed by atoms with Gasteiger partial charge in [0.15, 0.2) is 0 Å². The number of morpholine rings is 1. The van der Waals surface area contributed by atoms with Crippen LogP contribution in [0, 0.1) is 0 Å². The van der Waals surface area contributed by atoms with E-state index in [0.29, 0.717) is 31.7 Å². The highest BCUT2D eigenvalue weighted by Crippen LogP contribution is 2.23. The molecule has 8 heteroatoms. The number of hydrogen-bond acceptors (Lipinski definition) is 5. The van der Waals surface area contributed by atoms with Gasteiger partial charge in [0.1, 0.15) is 0 Å². The quantitative estimate of drug-likeness (QED) is 0.847. The minimum absolute atomic E-state index is 0.00723. The van der Waals surface area contributed by atoms with Gasteiger partial charge in [-0.1, -0.05) is 6.07 Å². The van der Waals surface area contributed by atoms with Crippen molar-refractivity contribution in [2.75, 3.05) is 26.2 Å². The van der Waals surface area contributed by atoms with Crippen LogP contribution in [0.3, 0.4) is 0 Å². The van der Waals surface area contributed by atoms with Gasteiger partial charge < -0.3 is 15.4 Å². The lowest BCUT2D eigenvalue weighted by atomic mass is 10.2. The van der Waals surface area contributed by atoms with E-state index in [9.17, 15) is 13.2 Å². The molecule has 2 heterocycles. The summed E-state index contributed by atoms with van der Waals surface area (Å²) in [5.41, 5.74) is 6.23. The van der Waals surface area contributed by atoms with Gasteiger partial charge >= 0.3 is 0 Å². The minimum atomic E-state index is -3.66. The molecule has 1 aromatic rings. The summed E-state index contributed by atoms with van der Waals surface area (Å²) in [5, 5.41) is 0. The Kier molecular flexibility index (Phi) is 5.15. The lowest BCUT2D eigenvalue weighted by molar-refractivity contribution is -0.0440. The number of likely N-dealkylation sites (tertiary alicyclic amines) is 1. The first-order valence-corrected chi connectivity index (χ1v) is 10.0. The number of nitrogens with zero attached hydrogens (tertiary/aromatic N) is 2. The molecule has 25 heavy (non-hydrogen) atoms. The first-order valence-electron chi connectivity index (χ1n) is 8.58. The van der Waals surface area contributed by atoms with E-state index < -0.39 is 10.0 Å². The lowest BCUT2D eigenvalue weighted by Crippen LogP contribution is -2.48. The topological polar surface area (TPSA) is 92.9 Å². The summed E-state index contributed by atoms with van der Waals surface area (Å²) in [6, 6.07) is 6.25. The third kappa shape index (κ3) is 3.87. The number of hydrogen-bond donors (Lipinski definition) is 1. The molecule has 3 rings (SSSR count). The van der Waals surface area contributed by atoms with Gasteiger partial charge in [-0.2, -0.15) is 4.31 Å². The zero-order chi connectivity index (χ0) is 18.2. The number of carbonyl (C=O) groups is 1. The van der Waals surface area contributed by atoms with Crippen molar-refractivity contribution in [2.24, 2.45) is 5.73 Å². The first kappa shape index (κ1) is 18.3. The van der Waals surface area contributed by atoms with Gasteiger partial charge in [0, 0.05) is 37.8 Å². The largest absolute Gasteiger partial charge is 0.373 e. The summed E-state index contributed by atoms with van der Waals surface area (Å²) in [4.78, 5) is 14.4. The fourth-order valence-electron chi connectivity index (χ4n) is 3.42. The average Bonchev–Trinajstić information content (AvgIpc) is 3.00. The van der Waals surface area contributed by atoms with Crippen LogP contribution in [0.5, 0.6) is 0 Å². The SMILES string of the molecule is CC1CN(S(=O)(=O)c2cccc(C(=O)N3CC[C@@H](N)C3)c2)CC(C)O1. The molecule has 2 aliphatic heterocycles. The first-order chi connectivity index (χ1) is 11.8.